The second-order valence-corrected chi connectivity index (χ2v) is 6.40. The van der Waals surface area contributed by atoms with E-state index in [1.807, 2.05) is 42.4 Å². The molecule has 7 heteroatoms. The van der Waals surface area contributed by atoms with E-state index in [4.69, 9.17) is 4.52 Å². The van der Waals surface area contributed by atoms with Crippen LogP contribution in [0.25, 0.3) is 5.82 Å². The standard InChI is InChI=1S/C17H24N4O2.ClH/c1-10-8-15(14(5)21(10)16-9-11(2)23-19-16)17(22)20-7-6-18-12(3)13(20)4;/h8-9,12-13,18H,6-7H2,1-5H3;1H. The number of aromatic nitrogens is 2. The highest BCUT2D eigenvalue weighted by Crippen LogP contribution is 2.23. The summed E-state index contributed by atoms with van der Waals surface area (Å²) < 4.78 is 7.14. The van der Waals surface area contributed by atoms with Crippen LogP contribution in [-0.2, 0) is 0 Å². The van der Waals surface area contributed by atoms with E-state index in [1.54, 1.807) is 0 Å². The molecule has 3 rings (SSSR count). The number of aryl methyl sites for hydroxylation is 2. The third-order valence-electron chi connectivity index (χ3n) is 4.80. The molecule has 2 atom stereocenters. The van der Waals surface area contributed by atoms with Gasteiger partial charge in [-0.3, -0.25) is 9.36 Å². The highest BCUT2D eigenvalue weighted by Gasteiger charge is 2.30. The Balaban J connectivity index is 0.00000208. The second kappa shape index (κ2) is 6.99. The maximum Gasteiger partial charge on any atom is 0.256 e. The van der Waals surface area contributed by atoms with Crippen LogP contribution in [0.5, 0.6) is 0 Å². The first kappa shape index (κ1) is 18.5. The van der Waals surface area contributed by atoms with E-state index in [1.165, 1.54) is 0 Å². The Bertz CT molecular complexity index is 737. The molecule has 0 spiro atoms. The lowest BCUT2D eigenvalue weighted by atomic mass is 10.1. The zero-order valence-electron chi connectivity index (χ0n) is 14.8. The number of hydrogen-bond acceptors (Lipinski definition) is 4. The number of amides is 1. The van der Waals surface area contributed by atoms with Crippen molar-refractivity contribution in [2.75, 3.05) is 13.1 Å². The van der Waals surface area contributed by atoms with E-state index in [-0.39, 0.29) is 24.4 Å². The summed E-state index contributed by atoms with van der Waals surface area (Å²) in [6, 6.07) is 4.30. The summed E-state index contributed by atoms with van der Waals surface area (Å²) in [5, 5.41) is 7.48. The molecule has 2 unspecified atom stereocenters. The third-order valence-corrected chi connectivity index (χ3v) is 4.80. The summed E-state index contributed by atoms with van der Waals surface area (Å²) in [6.07, 6.45) is 0. The third kappa shape index (κ3) is 3.08. The van der Waals surface area contributed by atoms with Gasteiger partial charge in [0.05, 0.1) is 5.56 Å². The molecule has 2 aromatic rings. The Morgan fingerprint density at radius 2 is 2.00 bits per heavy atom. The van der Waals surface area contributed by atoms with Crippen molar-refractivity contribution in [2.24, 2.45) is 0 Å². The number of piperazine rings is 1. The molecule has 0 radical (unpaired) electrons. The van der Waals surface area contributed by atoms with Gasteiger partial charge in [-0.2, -0.15) is 0 Å². The molecule has 0 aromatic carbocycles. The van der Waals surface area contributed by atoms with Gasteiger partial charge in [0.25, 0.3) is 5.91 Å². The predicted octanol–water partition coefficient (Wildman–Crippen LogP) is 2.63. The summed E-state index contributed by atoms with van der Waals surface area (Å²) in [7, 11) is 0. The minimum absolute atomic E-state index is 0. The molecule has 0 bridgehead atoms. The molecule has 1 aliphatic rings. The Morgan fingerprint density at radius 1 is 1.29 bits per heavy atom. The van der Waals surface area contributed by atoms with Crippen LogP contribution in [0.1, 0.15) is 41.4 Å². The molecular weight excluding hydrogens is 328 g/mol. The molecule has 1 saturated heterocycles. The fourth-order valence-electron chi connectivity index (χ4n) is 3.29. The van der Waals surface area contributed by atoms with Crippen LogP contribution >= 0.6 is 12.4 Å². The Hall–Kier alpha value is -1.79. The fraction of sp³-hybridized carbons (Fsp3) is 0.529. The minimum Gasteiger partial charge on any atom is -0.360 e. The van der Waals surface area contributed by atoms with E-state index < -0.39 is 0 Å². The van der Waals surface area contributed by atoms with Gasteiger partial charge in [0.15, 0.2) is 5.82 Å². The largest absolute Gasteiger partial charge is 0.360 e. The van der Waals surface area contributed by atoms with Crippen LogP contribution in [-0.4, -0.2) is 45.7 Å². The van der Waals surface area contributed by atoms with Crippen molar-refractivity contribution in [1.82, 2.24) is 19.9 Å². The number of rotatable bonds is 2. The highest BCUT2D eigenvalue weighted by molar-refractivity contribution is 5.96. The average Bonchev–Trinajstić information content (AvgIpc) is 3.04. The normalized spacial score (nSPS) is 20.8. The molecule has 2 aromatic heterocycles. The monoisotopic (exact) mass is 352 g/mol. The molecule has 0 aliphatic carbocycles. The lowest BCUT2D eigenvalue weighted by molar-refractivity contribution is 0.0602. The molecule has 1 N–H and O–H groups in total. The number of nitrogens with one attached hydrogen (secondary N) is 1. The van der Waals surface area contributed by atoms with Gasteiger partial charge in [0.1, 0.15) is 5.76 Å². The molecule has 1 aliphatic heterocycles. The highest BCUT2D eigenvalue weighted by atomic mass is 35.5. The van der Waals surface area contributed by atoms with E-state index in [2.05, 4.69) is 24.3 Å². The van der Waals surface area contributed by atoms with Crippen LogP contribution < -0.4 is 5.32 Å². The molecule has 1 amide bonds. The lowest BCUT2D eigenvalue weighted by Crippen LogP contribution is -2.57. The number of carbonyl (C=O) groups is 1. The number of nitrogens with zero attached hydrogens (tertiary/aromatic N) is 3. The van der Waals surface area contributed by atoms with Gasteiger partial charge in [-0.1, -0.05) is 5.16 Å². The van der Waals surface area contributed by atoms with E-state index >= 15 is 0 Å². The van der Waals surface area contributed by atoms with Crippen LogP contribution in [0.2, 0.25) is 0 Å². The van der Waals surface area contributed by atoms with E-state index in [9.17, 15) is 4.79 Å². The number of hydrogen-bond donors (Lipinski definition) is 1. The van der Waals surface area contributed by atoms with Gasteiger partial charge >= 0.3 is 0 Å². The summed E-state index contributed by atoms with van der Waals surface area (Å²) in [6.45, 7) is 11.6. The van der Waals surface area contributed by atoms with Crippen molar-refractivity contribution < 1.29 is 9.32 Å². The molecule has 6 nitrogen and oxygen atoms in total. The molecular formula is C17H25ClN4O2. The smallest absolute Gasteiger partial charge is 0.256 e. The summed E-state index contributed by atoms with van der Waals surface area (Å²) in [5.41, 5.74) is 2.62. The Labute approximate surface area is 148 Å². The van der Waals surface area contributed by atoms with Crippen LogP contribution in [0, 0.1) is 20.8 Å². The molecule has 1 fully saturated rings. The number of halogens is 1. The molecule has 132 valence electrons. The molecule has 24 heavy (non-hydrogen) atoms. The van der Waals surface area contributed by atoms with Gasteiger partial charge in [-0.05, 0) is 40.7 Å². The average molecular weight is 353 g/mol. The van der Waals surface area contributed by atoms with Gasteiger partial charge in [-0.15, -0.1) is 12.4 Å². The van der Waals surface area contributed by atoms with Gasteiger partial charge in [-0.25, -0.2) is 0 Å². The maximum absolute atomic E-state index is 13.0. The summed E-state index contributed by atoms with van der Waals surface area (Å²) in [5.74, 6) is 1.56. The predicted molar refractivity (Wildman–Crippen MR) is 95.3 cm³/mol. The van der Waals surface area contributed by atoms with Crippen LogP contribution in [0.4, 0.5) is 0 Å². The SMILES string of the molecule is Cc1cc(-n2c(C)cc(C(=O)N3CCNC(C)C3C)c2C)no1.Cl. The van der Waals surface area contributed by atoms with Crippen molar-refractivity contribution in [3.63, 3.8) is 0 Å². The first-order valence-corrected chi connectivity index (χ1v) is 8.07. The first-order valence-electron chi connectivity index (χ1n) is 8.07. The van der Waals surface area contributed by atoms with Crippen molar-refractivity contribution in [2.45, 2.75) is 46.7 Å². The van der Waals surface area contributed by atoms with E-state index in [0.717, 1.165) is 41.6 Å². The van der Waals surface area contributed by atoms with E-state index in [0.29, 0.717) is 6.04 Å². The zero-order chi connectivity index (χ0) is 16.7. The van der Waals surface area contributed by atoms with Gasteiger partial charge in [0.2, 0.25) is 0 Å². The number of carbonyl (C=O) groups excluding carboxylic acids is 1. The summed E-state index contributed by atoms with van der Waals surface area (Å²) in [4.78, 5) is 15.0. The minimum atomic E-state index is 0. The Kier molecular flexibility index (Phi) is 5.40. The molecule has 3 heterocycles. The van der Waals surface area contributed by atoms with Crippen molar-refractivity contribution in [1.29, 1.82) is 0 Å². The Morgan fingerprint density at radius 3 is 2.62 bits per heavy atom. The lowest BCUT2D eigenvalue weighted by Gasteiger charge is -2.38. The molecule has 0 saturated carbocycles. The van der Waals surface area contributed by atoms with Crippen molar-refractivity contribution in [3.05, 3.63) is 34.8 Å². The zero-order valence-corrected chi connectivity index (χ0v) is 15.6. The quantitative estimate of drug-likeness (QED) is 0.902. The van der Waals surface area contributed by atoms with Crippen molar-refractivity contribution >= 4 is 18.3 Å². The van der Waals surface area contributed by atoms with Crippen LogP contribution in [0.15, 0.2) is 16.7 Å². The fourth-order valence-corrected chi connectivity index (χ4v) is 3.29. The second-order valence-electron chi connectivity index (χ2n) is 6.40. The van der Waals surface area contributed by atoms with Crippen molar-refractivity contribution in [3.8, 4) is 5.82 Å². The van der Waals surface area contributed by atoms with Gasteiger partial charge in [0, 0.05) is 42.6 Å². The summed E-state index contributed by atoms with van der Waals surface area (Å²) >= 11 is 0. The first-order chi connectivity index (χ1) is 10.9. The van der Waals surface area contributed by atoms with Crippen LogP contribution in [0.3, 0.4) is 0 Å². The van der Waals surface area contributed by atoms with Gasteiger partial charge < -0.3 is 14.7 Å². The maximum atomic E-state index is 13.0. The topological polar surface area (TPSA) is 63.3 Å².